The third kappa shape index (κ3) is 2.52. The van der Waals surface area contributed by atoms with Crippen LogP contribution in [0.3, 0.4) is 0 Å². The zero-order valence-electron chi connectivity index (χ0n) is 12.9. The van der Waals surface area contributed by atoms with Crippen molar-refractivity contribution in [3.8, 4) is 0 Å². The van der Waals surface area contributed by atoms with Gasteiger partial charge in [0.05, 0.1) is 0 Å². The molecule has 1 saturated heterocycles. The zero-order valence-corrected chi connectivity index (χ0v) is 13.7. The maximum atomic E-state index is 12.7. The molecule has 0 aromatic carbocycles. The van der Waals surface area contributed by atoms with Crippen molar-refractivity contribution >= 4 is 28.2 Å². The van der Waals surface area contributed by atoms with Crippen molar-refractivity contribution in [2.24, 2.45) is 0 Å². The van der Waals surface area contributed by atoms with Gasteiger partial charge in [-0.2, -0.15) is 0 Å². The summed E-state index contributed by atoms with van der Waals surface area (Å²) in [5.74, 6) is -1.58. The van der Waals surface area contributed by atoms with Crippen LogP contribution in [0.4, 0.5) is 0 Å². The number of amides is 1. The highest BCUT2D eigenvalue weighted by Crippen LogP contribution is 2.21. The van der Waals surface area contributed by atoms with Crippen LogP contribution in [0.15, 0.2) is 11.0 Å². The van der Waals surface area contributed by atoms with Gasteiger partial charge in [0.1, 0.15) is 11.6 Å². The molecule has 1 amide bonds. The fourth-order valence-electron chi connectivity index (χ4n) is 2.91. The van der Waals surface area contributed by atoms with E-state index < -0.39 is 23.5 Å². The number of nitrogens with zero attached hydrogens (tertiary/aromatic N) is 3. The van der Waals surface area contributed by atoms with Crippen LogP contribution in [0.1, 0.15) is 40.2 Å². The molecule has 1 aliphatic rings. The molecule has 23 heavy (non-hydrogen) atoms. The topological polar surface area (TPSA) is 92.0 Å². The summed E-state index contributed by atoms with van der Waals surface area (Å²) in [5.41, 5.74) is 0.249. The minimum Gasteiger partial charge on any atom is -0.480 e. The normalized spacial score (nSPS) is 18.3. The third-order valence-corrected chi connectivity index (χ3v) is 5.37. The molecule has 2 aromatic rings. The van der Waals surface area contributed by atoms with Crippen molar-refractivity contribution in [2.75, 3.05) is 6.54 Å². The van der Waals surface area contributed by atoms with Gasteiger partial charge in [-0.25, -0.2) is 9.78 Å². The fraction of sp³-hybridized carbons (Fsp3) is 0.467. The van der Waals surface area contributed by atoms with Crippen molar-refractivity contribution in [3.05, 3.63) is 32.7 Å². The van der Waals surface area contributed by atoms with Crippen LogP contribution in [0.5, 0.6) is 0 Å². The first-order chi connectivity index (χ1) is 10.9. The number of likely N-dealkylation sites (tertiary alicyclic amines) is 1. The van der Waals surface area contributed by atoms with Gasteiger partial charge in [0.25, 0.3) is 11.5 Å². The Bertz CT molecular complexity index is 854. The van der Waals surface area contributed by atoms with E-state index in [1.807, 2.05) is 6.92 Å². The number of hydrogen-bond donors (Lipinski definition) is 1. The van der Waals surface area contributed by atoms with E-state index in [1.54, 1.807) is 6.92 Å². The number of aryl methyl sites for hydroxylation is 2. The first-order valence-corrected chi connectivity index (χ1v) is 8.25. The molecule has 7 nitrogen and oxygen atoms in total. The lowest BCUT2D eigenvalue weighted by molar-refractivity contribution is -0.143. The Hall–Kier alpha value is -2.22. The van der Waals surface area contributed by atoms with Gasteiger partial charge < -0.3 is 10.0 Å². The molecule has 1 aliphatic heterocycles. The minimum absolute atomic E-state index is 0.0726. The molecular formula is C15H17N3O4S. The van der Waals surface area contributed by atoms with Crippen molar-refractivity contribution in [3.63, 3.8) is 0 Å². The predicted molar refractivity (Wildman–Crippen MR) is 85.1 cm³/mol. The van der Waals surface area contributed by atoms with Gasteiger partial charge in [0.15, 0.2) is 4.96 Å². The van der Waals surface area contributed by atoms with Crippen molar-refractivity contribution in [2.45, 2.75) is 39.2 Å². The number of thiazole rings is 1. The summed E-state index contributed by atoms with van der Waals surface area (Å²) in [7, 11) is 0. The highest BCUT2D eigenvalue weighted by Gasteiger charge is 2.34. The molecule has 1 N–H and O–H groups in total. The molecule has 122 valence electrons. The maximum Gasteiger partial charge on any atom is 0.326 e. The molecule has 1 unspecified atom stereocenters. The third-order valence-electron chi connectivity index (χ3n) is 4.30. The van der Waals surface area contributed by atoms with Gasteiger partial charge in [0.2, 0.25) is 0 Å². The van der Waals surface area contributed by atoms with E-state index in [2.05, 4.69) is 4.98 Å². The minimum atomic E-state index is -1.03. The lowest BCUT2D eigenvalue weighted by Gasteiger charge is -2.32. The zero-order chi connectivity index (χ0) is 16.7. The number of carboxylic acids is 1. The lowest BCUT2D eigenvalue weighted by Crippen LogP contribution is -2.49. The number of carbonyl (C=O) groups is 2. The molecule has 1 fully saturated rings. The quantitative estimate of drug-likeness (QED) is 0.897. The number of aromatic nitrogens is 2. The van der Waals surface area contributed by atoms with E-state index in [1.165, 1.54) is 26.8 Å². The van der Waals surface area contributed by atoms with Crippen LogP contribution < -0.4 is 5.56 Å². The molecule has 0 bridgehead atoms. The number of hydrogen-bond acceptors (Lipinski definition) is 5. The average Bonchev–Trinajstić information content (AvgIpc) is 2.82. The number of carbonyl (C=O) groups excluding carboxylic acids is 1. The SMILES string of the molecule is Cc1sc2ncc(C(=O)N3CCCCC3C(=O)O)c(=O)n2c1C. The van der Waals surface area contributed by atoms with E-state index in [0.29, 0.717) is 17.9 Å². The summed E-state index contributed by atoms with van der Waals surface area (Å²) in [5, 5.41) is 9.30. The Morgan fingerprint density at radius 3 is 2.78 bits per heavy atom. The van der Waals surface area contributed by atoms with Crippen LogP contribution in [0.2, 0.25) is 0 Å². The summed E-state index contributed by atoms with van der Waals surface area (Å²) >= 11 is 1.39. The number of aliphatic carboxylic acids is 1. The molecule has 2 aromatic heterocycles. The summed E-state index contributed by atoms with van der Waals surface area (Å²) in [6.07, 6.45) is 3.18. The maximum absolute atomic E-state index is 12.7. The highest BCUT2D eigenvalue weighted by molar-refractivity contribution is 7.17. The van der Waals surface area contributed by atoms with Crippen molar-refractivity contribution in [1.29, 1.82) is 0 Å². The number of fused-ring (bicyclic) bond motifs is 1. The van der Waals surface area contributed by atoms with E-state index in [9.17, 15) is 19.5 Å². The number of rotatable bonds is 2. The second-order valence-electron chi connectivity index (χ2n) is 5.69. The average molecular weight is 335 g/mol. The Balaban J connectivity index is 2.07. The van der Waals surface area contributed by atoms with Crippen LogP contribution in [0, 0.1) is 13.8 Å². The smallest absolute Gasteiger partial charge is 0.326 e. The molecule has 0 aliphatic carbocycles. The van der Waals surface area contributed by atoms with Crippen LogP contribution in [-0.4, -0.2) is 43.9 Å². The van der Waals surface area contributed by atoms with Crippen LogP contribution >= 0.6 is 11.3 Å². The van der Waals surface area contributed by atoms with Crippen molar-refractivity contribution in [1.82, 2.24) is 14.3 Å². The molecule has 0 saturated carbocycles. The van der Waals surface area contributed by atoms with Crippen LogP contribution in [0.25, 0.3) is 4.96 Å². The number of piperidine rings is 1. The molecule has 8 heteroatoms. The molecule has 3 rings (SSSR count). The van der Waals surface area contributed by atoms with E-state index in [-0.39, 0.29) is 5.56 Å². The molecule has 0 radical (unpaired) electrons. The second kappa shape index (κ2) is 5.77. The van der Waals surface area contributed by atoms with Gasteiger partial charge in [0, 0.05) is 23.3 Å². The summed E-state index contributed by atoms with van der Waals surface area (Å²) in [6.45, 7) is 4.04. The Morgan fingerprint density at radius 2 is 2.09 bits per heavy atom. The van der Waals surface area contributed by atoms with Gasteiger partial charge in [-0.3, -0.25) is 14.0 Å². The largest absolute Gasteiger partial charge is 0.480 e. The number of carboxylic acid groups (broad SMARTS) is 1. The fourth-order valence-corrected chi connectivity index (χ4v) is 3.84. The molecular weight excluding hydrogens is 318 g/mol. The van der Waals surface area contributed by atoms with Crippen molar-refractivity contribution < 1.29 is 14.7 Å². The van der Waals surface area contributed by atoms with Gasteiger partial charge in [-0.1, -0.05) is 0 Å². The first kappa shape index (κ1) is 15.7. The van der Waals surface area contributed by atoms with E-state index in [0.717, 1.165) is 23.4 Å². The van der Waals surface area contributed by atoms with E-state index in [4.69, 9.17) is 0 Å². The Morgan fingerprint density at radius 1 is 1.35 bits per heavy atom. The van der Waals surface area contributed by atoms with Gasteiger partial charge >= 0.3 is 5.97 Å². The van der Waals surface area contributed by atoms with Crippen LogP contribution in [-0.2, 0) is 4.79 Å². The molecule has 3 heterocycles. The van der Waals surface area contributed by atoms with E-state index >= 15 is 0 Å². The summed E-state index contributed by atoms with van der Waals surface area (Å²) in [4.78, 5) is 43.7. The Labute approximate surface area is 136 Å². The molecule has 0 spiro atoms. The van der Waals surface area contributed by atoms with Gasteiger partial charge in [-0.05, 0) is 33.1 Å². The molecule has 1 atom stereocenters. The standard InChI is InChI=1S/C15H17N3O4S/c1-8-9(2)23-15-16-7-10(13(20)18(8)15)12(19)17-6-4-3-5-11(17)14(21)22/h7,11H,3-6H2,1-2H3,(H,21,22). The monoisotopic (exact) mass is 335 g/mol. The lowest BCUT2D eigenvalue weighted by atomic mass is 10.0. The Kier molecular flexibility index (Phi) is 3.93. The van der Waals surface area contributed by atoms with Gasteiger partial charge in [-0.15, -0.1) is 11.3 Å². The second-order valence-corrected chi connectivity index (χ2v) is 6.87. The summed E-state index contributed by atoms with van der Waals surface area (Å²) < 4.78 is 1.42. The summed E-state index contributed by atoms with van der Waals surface area (Å²) in [6, 6.07) is -0.873. The predicted octanol–water partition coefficient (Wildman–Crippen LogP) is 1.45. The first-order valence-electron chi connectivity index (χ1n) is 7.43. The highest BCUT2D eigenvalue weighted by atomic mass is 32.1.